The topological polar surface area (TPSA) is 56.8 Å². The molecule has 0 radical (unpaired) electrons. The number of anilines is 1. The van der Waals surface area contributed by atoms with Gasteiger partial charge in [0.25, 0.3) is 0 Å². The number of hydrogen-bond donors (Lipinski definition) is 1. The van der Waals surface area contributed by atoms with Gasteiger partial charge in [-0.3, -0.25) is 4.79 Å². The molecular formula is C18H27NO4. The number of benzene rings is 1. The van der Waals surface area contributed by atoms with Crippen molar-refractivity contribution in [1.29, 1.82) is 0 Å². The van der Waals surface area contributed by atoms with Gasteiger partial charge in [0.15, 0.2) is 6.79 Å². The summed E-state index contributed by atoms with van der Waals surface area (Å²) in [4.78, 5) is 12.1. The molecule has 1 fully saturated rings. The third-order valence-corrected chi connectivity index (χ3v) is 3.84. The second-order valence-electron chi connectivity index (χ2n) is 6.26. The summed E-state index contributed by atoms with van der Waals surface area (Å²) in [5.74, 6) is 0.252. The lowest BCUT2D eigenvalue weighted by Gasteiger charge is -2.29. The van der Waals surface area contributed by atoms with E-state index in [1.54, 1.807) is 0 Å². The lowest BCUT2D eigenvalue weighted by Crippen LogP contribution is -2.36. The van der Waals surface area contributed by atoms with Crippen LogP contribution in [0.5, 0.6) is 0 Å². The Hall–Kier alpha value is -1.59. The molecule has 0 aromatic heterocycles. The molecule has 2 unspecified atom stereocenters. The Kier molecular flexibility index (Phi) is 7.36. The van der Waals surface area contributed by atoms with Crippen LogP contribution in [0.25, 0.3) is 0 Å². The first-order chi connectivity index (χ1) is 11.1. The van der Waals surface area contributed by atoms with Crippen LogP contribution in [0.15, 0.2) is 30.3 Å². The molecule has 1 saturated heterocycles. The van der Waals surface area contributed by atoms with Gasteiger partial charge in [0, 0.05) is 18.7 Å². The Balaban J connectivity index is 1.69. The van der Waals surface area contributed by atoms with Crippen LogP contribution in [-0.2, 0) is 19.0 Å². The summed E-state index contributed by atoms with van der Waals surface area (Å²) < 4.78 is 16.2. The van der Waals surface area contributed by atoms with Gasteiger partial charge in [-0.25, -0.2) is 0 Å². The van der Waals surface area contributed by atoms with Crippen LogP contribution < -0.4 is 5.32 Å². The molecule has 2 atom stereocenters. The van der Waals surface area contributed by atoms with Gasteiger partial charge in [0.05, 0.1) is 12.5 Å². The van der Waals surface area contributed by atoms with Gasteiger partial charge in [-0.1, -0.05) is 32.0 Å². The van der Waals surface area contributed by atoms with Gasteiger partial charge < -0.3 is 19.5 Å². The largest absolute Gasteiger partial charge is 0.438 e. The molecule has 23 heavy (non-hydrogen) atoms. The van der Waals surface area contributed by atoms with E-state index in [2.05, 4.69) is 19.2 Å². The molecule has 1 aliphatic rings. The van der Waals surface area contributed by atoms with E-state index >= 15 is 0 Å². The first-order valence-electron chi connectivity index (χ1n) is 8.32. The quantitative estimate of drug-likeness (QED) is 0.452. The van der Waals surface area contributed by atoms with Gasteiger partial charge in [0.1, 0.15) is 6.23 Å². The van der Waals surface area contributed by atoms with Gasteiger partial charge in [-0.15, -0.1) is 0 Å². The number of esters is 1. The average Bonchev–Trinajstić information content (AvgIpc) is 2.55. The first kappa shape index (κ1) is 17.8. The van der Waals surface area contributed by atoms with Crippen molar-refractivity contribution in [3.05, 3.63) is 30.3 Å². The number of rotatable bonds is 8. The van der Waals surface area contributed by atoms with E-state index in [4.69, 9.17) is 14.2 Å². The van der Waals surface area contributed by atoms with Crippen LogP contribution in [0.2, 0.25) is 0 Å². The predicted molar refractivity (Wildman–Crippen MR) is 88.9 cm³/mol. The van der Waals surface area contributed by atoms with Crippen LogP contribution in [0.4, 0.5) is 5.69 Å². The smallest absolute Gasteiger partial charge is 0.311 e. The van der Waals surface area contributed by atoms with Crippen molar-refractivity contribution >= 4 is 11.7 Å². The Morgan fingerprint density at radius 1 is 1.35 bits per heavy atom. The molecule has 1 aromatic rings. The highest BCUT2D eigenvalue weighted by molar-refractivity contribution is 5.72. The summed E-state index contributed by atoms with van der Waals surface area (Å²) in [6.45, 7) is 5.49. The maximum absolute atomic E-state index is 12.1. The Bertz CT molecular complexity index is 463. The Labute approximate surface area is 138 Å². The van der Waals surface area contributed by atoms with Crippen LogP contribution in [-0.4, -0.2) is 32.2 Å². The monoisotopic (exact) mass is 321 g/mol. The van der Waals surface area contributed by atoms with Crippen molar-refractivity contribution in [3.8, 4) is 0 Å². The van der Waals surface area contributed by atoms with Gasteiger partial charge in [-0.05, 0) is 30.9 Å². The standard InChI is InChI=1S/C18H27NO4/c1-14(2)8-10-21-13-23-18(20)15-9-11-22-17(12-15)19-16-6-4-3-5-7-16/h3-7,14-15,17,19H,8-13H2,1-2H3. The third kappa shape index (κ3) is 6.59. The van der Waals surface area contributed by atoms with Crippen molar-refractivity contribution in [1.82, 2.24) is 0 Å². The molecule has 0 bridgehead atoms. The maximum atomic E-state index is 12.1. The van der Waals surface area contributed by atoms with Crippen LogP contribution in [0.3, 0.4) is 0 Å². The lowest BCUT2D eigenvalue weighted by atomic mass is 9.98. The molecule has 1 aromatic carbocycles. The highest BCUT2D eigenvalue weighted by Gasteiger charge is 2.29. The molecule has 128 valence electrons. The summed E-state index contributed by atoms with van der Waals surface area (Å²) in [5.41, 5.74) is 0.989. The molecule has 0 amide bonds. The molecule has 1 heterocycles. The molecular weight excluding hydrogens is 294 g/mol. The predicted octanol–water partition coefficient (Wildman–Crippen LogP) is 3.41. The van der Waals surface area contributed by atoms with E-state index < -0.39 is 0 Å². The zero-order valence-electron chi connectivity index (χ0n) is 14.0. The van der Waals surface area contributed by atoms with E-state index in [0.29, 0.717) is 32.0 Å². The van der Waals surface area contributed by atoms with E-state index in [1.165, 1.54) is 0 Å². The van der Waals surface area contributed by atoms with E-state index in [-0.39, 0.29) is 24.9 Å². The number of nitrogens with one attached hydrogen (secondary N) is 1. The summed E-state index contributed by atoms with van der Waals surface area (Å²) in [6.07, 6.45) is 2.11. The van der Waals surface area contributed by atoms with Gasteiger partial charge in [-0.2, -0.15) is 0 Å². The molecule has 0 saturated carbocycles. The van der Waals surface area contributed by atoms with Crippen molar-refractivity contribution in [2.24, 2.45) is 11.8 Å². The highest BCUT2D eigenvalue weighted by Crippen LogP contribution is 2.23. The summed E-state index contributed by atoms with van der Waals surface area (Å²) in [7, 11) is 0. The molecule has 5 heteroatoms. The van der Waals surface area contributed by atoms with Crippen LogP contribution >= 0.6 is 0 Å². The van der Waals surface area contributed by atoms with Crippen molar-refractivity contribution in [2.75, 3.05) is 25.3 Å². The Morgan fingerprint density at radius 2 is 2.13 bits per heavy atom. The zero-order chi connectivity index (χ0) is 16.5. The highest BCUT2D eigenvalue weighted by atomic mass is 16.7. The fourth-order valence-corrected chi connectivity index (χ4v) is 2.43. The third-order valence-electron chi connectivity index (χ3n) is 3.84. The SMILES string of the molecule is CC(C)CCOCOC(=O)C1CCOC(Nc2ccccc2)C1. The first-order valence-corrected chi connectivity index (χ1v) is 8.32. The minimum absolute atomic E-state index is 0.0414. The normalized spacial score (nSPS) is 21.2. The maximum Gasteiger partial charge on any atom is 0.311 e. The van der Waals surface area contributed by atoms with Crippen molar-refractivity contribution < 1.29 is 19.0 Å². The molecule has 0 spiro atoms. The van der Waals surface area contributed by atoms with Crippen molar-refractivity contribution in [3.63, 3.8) is 0 Å². The number of hydrogen-bond acceptors (Lipinski definition) is 5. The summed E-state index contributed by atoms with van der Waals surface area (Å²) in [6, 6.07) is 9.85. The minimum Gasteiger partial charge on any atom is -0.438 e. The fraction of sp³-hybridized carbons (Fsp3) is 0.611. The van der Waals surface area contributed by atoms with Crippen molar-refractivity contribution in [2.45, 2.75) is 39.3 Å². The molecule has 0 aliphatic carbocycles. The van der Waals surface area contributed by atoms with Crippen LogP contribution in [0, 0.1) is 11.8 Å². The lowest BCUT2D eigenvalue weighted by molar-refractivity contribution is -0.165. The molecule has 2 rings (SSSR count). The second kappa shape index (κ2) is 9.53. The molecule has 5 nitrogen and oxygen atoms in total. The number of para-hydroxylation sites is 1. The van der Waals surface area contributed by atoms with E-state index in [9.17, 15) is 4.79 Å². The van der Waals surface area contributed by atoms with Gasteiger partial charge in [0.2, 0.25) is 0 Å². The summed E-state index contributed by atoms with van der Waals surface area (Å²) in [5, 5.41) is 3.29. The zero-order valence-corrected chi connectivity index (χ0v) is 14.0. The van der Waals surface area contributed by atoms with Crippen LogP contribution in [0.1, 0.15) is 33.1 Å². The molecule has 1 N–H and O–H groups in total. The van der Waals surface area contributed by atoms with E-state index in [1.807, 2.05) is 30.3 Å². The number of carbonyl (C=O) groups is 1. The average molecular weight is 321 g/mol. The minimum atomic E-state index is -0.197. The summed E-state index contributed by atoms with van der Waals surface area (Å²) >= 11 is 0. The van der Waals surface area contributed by atoms with E-state index in [0.717, 1.165) is 12.1 Å². The fourth-order valence-electron chi connectivity index (χ4n) is 2.43. The number of carbonyl (C=O) groups excluding carboxylic acids is 1. The molecule has 1 aliphatic heterocycles. The second-order valence-corrected chi connectivity index (χ2v) is 6.26. The van der Waals surface area contributed by atoms with Gasteiger partial charge >= 0.3 is 5.97 Å². The Morgan fingerprint density at radius 3 is 2.87 bits per heavy atom. The number of ether oxygens (including phenoxy) is 3.